The molecule has 0 saturated carbocycles. The molecule has 0 bridgehead atoms. The summed E-state index contributed by atoms with van der Waals surface area (Å²) in [5.74, 6) is -3.51. The van der Waals surface area contributed by atoms with Gasteiger partial charge in [0.1, 0.15) is 12.1 Å². The number of carboxylic acid groups (broad SMARTS) is 2. The Hall–Kier alpha value is -2.81. The summed E-state index contributed by atoms with van der Waals surface area (Å²) >= 11 is 5.84. The fraction of sp³-hybridized carbons (Fsp3) is 0.474. The van der Waals surface area contributed by atoms with Crippen LogP contribution in [0.15, 0.2) is 24.3 Å². The molecule has 0 radical (unpaired) electrons. The lowest BCUT2D eigenvalue weighted by molar-refractivity contribution is -0.143. The smallest absolute Gasteiger partial charge is 0.326 e. The topological polar surface area (TPSA) is 136 Å². The summed E-state index contributed by atoms with van der Waals surface area (Å²) in [6.45, 7) is 3.69. The fourth-order valence-corrected chi connectivity index (χ4v) is 2.63. The number of urea groups is 1. The van der Waals surface area contributed by atoms with Crippen LogP contribution in [0.5, 0.6) is 0 Å². The van der Waals surface area contributed by atoms with Crippen molar-refractivity contribution in [2.45, 2.75) is 45.3 Å². The molecular weight excluding hydrogens is 402 g/mol. The van der Waals surface area contributed by atoms with Gasteiger partial charge < -0.3 is 25.7 Å². The summed E-state index contributed by atoms with van der Waals surface area (Å²) in [5, 5.41) is 23.4. The number of hydrogen-bond acceptors (Lipinski definition) is 4. The normalized spacial score (nSPS) is 12.7. The number of carbonyl (C=O) groups is 4. The largest absolute Gasteiger partial charge is 0.481 e. The Morgan fingerprint density at radius 2 is 1.66 bits per heavy atom. The minimum atomic E-state index is -1.36. The predicted octanol–water partition coefficient (Wildman–Crippen LogP) is 1.94. The van der Waals surface area contributed by atoms with E-state index in [1.807, 2.05) is 0 Å². The third kappa shape index (κ3) is 8.39. The van der Waals surface area contributed by atoms with Gasteiger partial charge in [-0.05, 0) is 30.0 Å². The zero-order valence-electron chi connectivity index (χ0n) is 16.5. The van der Waals surface area contributed by atoms with E-state index in [2.05, 4.69) is 10.6 Å². The molecule has 160 valence electrons. The summed E-state index contributed by atoms with van der Waals surface area (Å²) in [7, 11) is 1.56. The van der Waals surface area contributed by atoms with Crippen molar-refractivity contribution in [2.24, 2.45) is 5.92 Å². The first kappa shape index (κ1) is 24.2. The number of carbonyl (C=O) groups excluding carboxylic acids is 2. The van der Waals surface area contributed by atoms with Crippen LogP contribution in [0.1, 0.15) is 32.3 Å². The molecule has 10 heteroatoms. The van der Waals surface area contributed by atoms with Crippen LogP contribution in [0.25, 0.3) is 0 Å². The Labute approximate surface area is 174 Å². The quantitative estimate of drug-likeness (QED) is 0.450. The van der Waals surface area contributed by atoms with Crippen molar-refractivity contribution >= 4 is 35.5 Å². The SMILES string of the molecule is CC(C)[C@H](NC(=O)N(C)Cc1ccc(Cl)cc1)C(=O)N[C@H](CCC(=O)O)C(=O)O. The van der Waals surface area contributed by atoms with Crippen LogP contribution >= 0.6 is 11.6 Å². The first-order valence-electron chi connectivity index (χ1n) is 9.02. The molecule has 4 N–H and O–H groups in total. The summed E-state index contributed by atoms with van der Waals surface area (Å²) in [6.07, 6.45) is -0.661. The van der Waals surface area contributed by atoms with Gasteiger partial charge in [-0.2, -0.15) is 0 Å². The molecule has 0 aliphatic heterocycles. The number of halogens is 1. The molecule has 1 aromatic rings. The maximum atomic E-state index is 12.5. The van der Waals surface area contributed by atoms with E-state index in [-0.39, 0.29) is 18.9 Å². The molecule has 0 unspecified atom stereocenters. The Balaban J connectivity index is 2.75. The van der Waals surface area contributed by atoms with Crippen molar-refractivity contribution in [2.75, 3.05) is 7.05 Å². The van der Waals surface area contributed by atoms with E-state index in [9.17, 15) is 24.3 Å². The minimum Gasteiger partial charge on any atom is -0.481 e. The first-order valence-corrected chi connectivity index (χ1v) is 9.40. The molecule has 0 heterocycles. The molecule has 0 aromatic heterocycles. The molecule has 9 nitrogen and oxygen atoms in total. The van der Waals surface area contributed by atoms with Gasteiger partial charge in [0, 0.05) is 25.0 Å². The number of rotatable bonds is 10. The molecule has 0 aliphatic carbocycles. The van der Waals surface area contributed by atoms with Crippen LogP contribution < -0.4 is 10.6 Å². The molecule has 3 amide bonds. The van der Waals surface area contributed by atoms with Crippen LogP contribution in [0.4, 0.5) is 4.79 Å². The Morgan fingerprint density at radius 3 is 2.14 bits per heavy atom. The zero-order chi connectivity index (χ0) is 22.1. The van der Waals surface area contributed by atoms with Gasteiger partial charge in [0.05, 0.1) is 0 Å². The Kier molecular flexibility index (Phi) is 9.40. The predicted molar refractivity (Wildman–Crippen MR) is 107 cm³/mol. The van der Waals surface area contributed by atoms with E-state index in [4.69, 9.17) is 16.7 Å². The number of hydrogen-bond donors (Lipinski definition) is 4. The zero-order valence-corrected chi connectivity index (χ0v) is 17.3. The van der Waals surface area contributed by atoms with Crippen LogP contribution in [0.2, 0.25) is 5.02 Å². The van der Waals surface area contributed by atoms with Crippen molar-refractivity contribution in [3.05, 3.63) is 34.9 Å². The standard InChI is InChI=1S/C19H26ClN3O6/c1-11(2)16(17(26)21-14(18(27)28)8-9-15(24)25)22-19(29)23(3)10-12-4-6-13(20)7-5-12/h4-7,11,14,16H,8-10H2,1-3H3,(H,21,26)(H,22,29)(H,24,25)(H,27,28)/t14-,16+/m1/s1. The monoisotopic (exact) mass is 427 g/mol. The van der Waals surface area contributed by atoms with Gasteiger partial charge in [-0.1, -0.05) is 37.6 Å². The second-order valence-electron chi connectivity index (χ2n) is 6.99. The van der Waals surface area contributed by atoms with E-state index >= 15 is 0 Å². The highest BCUT2D eigenvalue weighted by molar-refractivity contribution is 6.30. The highest BCUT2D eigenvalue weighted by atomic mass is 35.5. The molecule has 0 saturated heterocycles. The van der Waals surface area contributed by atoms with E-state index in [1.165, 1.54) is 4.90 Å². The van der Waals surface area contributed by atoms with Gasteiger partial charge >= 0.3 is 18.0 Å². The van der Waals surface area contributed by atoms with Gasteiger partial charge in [0.2, 0.25) is 5.91 Å². The lowest BCUT2D eigenvalue weighted by Gasteiger charge is -2.26. The van der Waals surface area contributed by atoms with E-state index in [0.717, 1.165) is 5.56 Å². The van der Waals surface area contributed by atoms with Crippen LogP contribution in [0, 0.1) is 5.92 Å². The molecule has 1 aromatic carbocycles. The number of aliphatic carboxylic acids is 2. The van der Waals surface area contributed by atoms with Crippen molar-refractivity contribution < 1.29 is 29.4 Å². The number of nitrogens with zero attached hydrogens (tertiary/aromatic N) is 1. The summed E-state index contributed by atoms with van der Waals surface area (Å²) in [4.78, 5) is 48.3. The van der Waals surface area contributed by atoms with Crippen molar-refractivity contribution in [3.63, 3.8) is 0 Å². The Morgan fingerprint density at radius 1 is 1.07 bits per heavy atom. The van der Waals surface area contributed by atoms with Gasteiger partial charge in [0.25, 0.3) is 0 Å². The van der Waals surface area contributed by atoms with Crippen LogP contribution in [0.3, 0.4) is 0 Å². The minimum absolute atomic E-state index is 0.258. The van der Waals surface area contributed by atoms with Crippen molar-refractivity contribution in [3.8, 4) is 0 Å². The summed E-state index contributed by atoms with van der Waals surface area (Å²) < 4.78 is 0. The lowest BCUT2D eigenvalue weighted by atomic mass is 10.0. The van der Waals surface area contributed by atoms with Gasteiger partial charge in [0.15, 0.2) is 0 Å². The second-order valence-corrected chi connectivity index (χ2v) is 7.42. The maximum absolute atomic E-state index is 12.5. The third-order valence-electron chi connectivity index (χ3n) is 4.17. The molecule has 0 spiro atoms. The number of carboxylic acids is 2. The Bertz CT molecular complexity index is 738. The van der Waals surface area contributed by atoms with Gasteiger partial charge in [-0.3, -0.25) is 9.59 Å². The molecule has 29 heavy (non-hydrogen) atoms. The maximum Gasteiger partial charge on any atom is 0.326 e. The first-order chi connectivity index (χ1) is 13.5. The molecular formula is C19H26ClN3O6. The van der Waals surface area contributed by atoms with Crippen LogP contribution in [-0.2, 0) is 20.9 Å². The average Bonchev–Trinajstić information content (AvgIpc) is 2.63. The highest BCUT2D eigenvalue weighted by Crippen LogP contribution is 2.11. The van der Waals surface area contributed by atoms with Crippen LogP contribution in [-0.4, -0.2) is 58.1 Å². The molecule has 1 rings (SSSR count). The number of amides is 3. The highest BCUT2D eigenvalue weighted by Gasteiger charge is 2.29. The van der Waals surface area contributed by atoms with E-state index < -0.39 is 42.4 Å². The lowest BCUT2D eigenvalue weighted by Crippen LogP contribution is -2.55. The third-order valence-corrected chi connectivity index (χ3v) is 4.42. The van der Waals surface area contributed by atoms with E-state index in [0.29, 0.717) is 5.02 Å². The average molecular weight is 428 g/mol. The number of nitrogens with one attached hydrogen (secondary N) is 2. The van der Waals surface area contributed by atoms with Crippen molar-refractivity contribution in [1.29, 1.82) is 0 Å². The van der Waals surface area contributed by atoms with Crippen molar-refractivity contribution in [1.82, 2.24) is 15.5 Å². The van der Waals surface area contributed by atoms with Gasteiger partial charge in [-0.15, -0.1) is 0 Å². The fourth-order valence-electron chi connectivity index (χ4n) is 2.50. The second kappa shape index (κ2) is 11.3. The van der Waals surface area contributed by atoms with Gasteiger partial charge in [-0.25, -0.2) is 9.59 Å². The molecule has 0 fully saturated rings. The number of benzene rings is 1. The van der Waals surface area contributed by atoms with E-state index in [1.54, 1.807) is 45.2 Å². The molecule has 2 atom stereocenters. The summed E-state index contributed by atoms with van der Waals surface area (Å²) in [5.41, 5.74) is 0.845. The summed E-state index contributed by atoms with van der Waals surface area (Å²) in [6, 6.07) is 4.11. The molecule has 0 aliphatic rings.